The van der Waals surface area contributed by atoms with Crippen LogP contribution in [0.2, 0.25) is 0 Å². The van der Waals surface area contributed by atoms with Crippen LogP contribution in [-0.2, 0) is 12.6 Å². The molecule has 1 fully saturated rings. The lowest BCUT2D eigenvalue weighted by atomic mass is 9.88. The second kappa shape index (κ2) is 7.66. The first-order valence-corrected chi connectivity index (χ1v) is 7.23. The van der Waals surface area contributed by atoms with Gasteiger partial charge in [0, 0.05) is 5.56 Å². The van der Waals surface area contributed by atoms with Crippen LogP contribution in [0.3, 0.4) is 0 Å². The van der Waals surface area contributed by atoms with Gasteiger partial charge in [-0.15, -0.1) is 12.4 Å². The normalized spacial score (nSPS) is 17.1. The summed E-state index contributed by atoms with van der Waals surface area (Å²) in [7, 11) is 2.01. The Hall–Kier alpha value is -0.780. The molecule has 0 N–H and O–H groups in total. The number of likely N-dealkylation sites (tertiary alicyclic amines) is 1. The van der Waals surface area contributed by atoms with Gasteiger partial charge >= 0.3 is 6.18 Å². The van der Waals surface area contributed by atoms with Crippen LogP contribution in [0, 0.1) is 5.92 Å². The molecule has 2 rings (SSSR count). The highest BCUT2D eigenvalue weighted by molar-refractivity contribution is 6.67. The largest absolute Gasteiger partial charge is 0.416 e. The average Bonchev–Trinajstić information content (AvgIpc) is 2.40. The number of hydrogen-bond donors (Lipinski definition) is 0. The van der Waals surface area contributed by atoms with E-state index in [2.05, 4.69) is 4.90 Å². The molecule has 0 bridgehead atoms. The van der Waals surface area contributed by atoms with E-state index in [4.69, 9.17) is 11.6 Å². The highest BCUT2D eigenvalue weighted by Crippen LogP contribution is 2.35. The van der Waals surface area contributed by atoms with Crippen molar-refractivity contribution in [2.24, 2.45) is 5.92 Å². The summed E-state index contributed by atoms with van der Waals surface area (Å²) in [4.78, 5) is 13.2. The molecule has 1 heterocycles. The van der Waals surface area contributed by atoms with Crippen molar-refractivity contribution in [3.05, 3.63) is 34.9 Å². The van der Waals surface area contributed by atoms with Gasteiger partial charge in [-0.3, -0.25) is 4.79 Å². The maximum absolute atomic E-state index is 13.1. The number of carbonyl (C=O) groups is 1. The molecule has 0 unspecified atom stereocenters. The zero-order valence-corrected chi connectivity index (χ0v) is 13.7. The minimum Gasteiger partial charge on any atom is -0.306 e. The minimum absolute atomic E-state index is 0. The molecule has 0 aliphatic carbocycles. The Balaban J connectivity index is 0.00000242. The molecule has 0 spiro atoms. The molecule has 0 saturated carbocycles. The van der Waals surface area contributed by atoms with Gasteiger partial charge in [0.15, 0.2) is 0 Å². The van der Waals surface area contributed by atoms with Gasteiger partial charge in [-0.1, -0.05) is 6.07 Å². The number of rotatable bonds is 3. The predicted molar refractivity (Wildman–Crippen MR) is 82.8 cm³/mol. The van der Waals surface area contributed by atoms with Crippen LogP contribution in [0.15, 0.2) is 18.2 Å². The maximum Gasteiger partial charge on any atom is 0.416 e. The molecule has 124 valence electrons. The van der Waals surface area contributed by atoms with E-state index in [1.807, 2.05) is 7.05 Å². The fourth-order valence-corrected chi connectivity index (χ4v) is 2.84. The average molecular weight is 356 g/mol. The molecule has 1 aliphatic rings. The molecule has 1 aromatic rings. The molecular formula is C15H18Cl2F3NO. The van der Waals surface area contributed by atoms with E-state index in [0.29, 0.717) is 6.42 Å². The van der Waals surface area contributed by atoms with Gasteiger partial charge in [0.2, 0.25) is 0 Å². The lowest BCUT2D eigenvalue weighted by Crippen LogP contribution is -2.31. The standard InChI is InChI=1S/C15H17ClF3NO.ClH/c1-20-6-4-10(5-7-20)8-11-2-3-12(14(16)21)9-13(11)15(17,18)19;/h2-3,9-10H,4-8H2,1H3;1H. The third-order valence-corrected chi connectivity index (χ3v) is 4.21. The van der Waals surface area contributed by atoms with E-state index in [9.17, 15) is 18.0 Å². The number of nitrogens with zero attached hydrogens (tertiary/aromatic N) is 1. The highest BCUT2D eigenvalue weighted by atomic mass is 35.5. The summed E-state index contributed by atoms with van der Waals surface area (Å²) in [6, 6.07) is 3.62. The van der Waals surface area contributed by atoms with E-state index in [-0.39, 0.29) is 29.5 Å². The molecule has 1 saturated heterocycles. The van der Waals surface area contributed by atoms with Crippen molar-refractivity contribution in [2.75, 3.05) is 20.1 Å². The molecule has 0 aromatic heterocycles. The fraction of sp³-hybridized carbons (Fsp3) is 0.533. The van der Waals surface area contributed by atoms with Gasteiger partial charge in [0.25, 0.3) is 5.24 Å². The van der Waals surface area contributed by atoms with Crippen molar-refractivity contribution in [1.82, 2.24) is 4.90 Å². The van der Waals surface area contributed by atoms with E-state index in [1.165, 1.54) is 12.1 Å². The van der Waals surface area contributed by atoms with Crippen LogP contribution in [0.25, 0.3) is 0 Å². The Bertz CT molecular complexity index is 526. The van der Waals surface area contributed by atoms with Crippen molar-refractivity contribution in [3.63, 3.8) is 0 Å². The molecule has 0 atom stereocenters. The zero-order valence-electron chi connectivity index (χ0n) is 12.1. The second-order valence-electron chi connectivity index (χ2n) is 5.59. The van der Waals surface area contributed by atoms with E-state index >= 15 is 0 Å². The smallest absolute Gasteiger partial charge is 0.306 e. The van der Waals surface area contributed by atoms with Crippen LogP contribution < -0.4 is 0 Å². The first kappa shape index (κ1) is 19.3. The Morgan fingerprint density at radius 3 is 2.41 bits per heavy atom. The number of alkyl halides is 3. The van der Waals surface area contributed by atoms with Crippen molar-refractivity contribution in [1.29, 1.82) is 0 Å². The van der Waals surface area contributed by atoms with Gasteiger partial charge in [0.1, 0.15) is 0 Å². The van der Waals surface area contributed by atoms with Crippen molar-refractivity contribution in [2.45, 2.75) is 25.4 Å². The first-order chi connectivity index (χ1) is 9.77. The SMILES string of the molecule is CN1CCC(Cc2ccc(C(=O)Cl)cc2C(F)(F)F)CC1.Cl. The first-order valence-electron chi connectivity index (χ1n) is 6.86. The Labute approximate surface area is 139 Å². The topological polar surface area (TPSA) is 20.3 Å². The lowest BCUT2D eigenvalue weighted by molar-refractivity contribution is -0.138. The third-order valence-electron chi connectivity index (χ3n) is 3.99. The summed E-state index contributed by atoms with van der Waals surface area (Å²) in [5.41, 5.74) is -0.609. The van der Waals surface area contributed by atoms with Gasteiger partial charge in [-0.2, -0.15) is 13.2 Å². The summed E-state index contributed by atoms with van der Waals surface area (Å²) in [6.07, 6.45) is -2.30. The summed E-state index contributed by atoms with van der Waals surface area (Å²) in [5, 5.41) is -0.869. The Morgan fingerprint density at radius 2 is 1.91 bits per heavy atom. The fourth-order valence-electron chi connectivity index (χ4n) is 2.72. The number of halogens is 5. The van der Waals surface area contributed by atoms with E-state index < -0.39 is 17.0 Å². The summed E-state index contributed by atoms with van der Waals surface area (Å²) in [5.74, 6) is 0.250. The van der Waals surface area contributed by atoms with Crippen molar-refractivity contribution < 1.29 is 18.0 Å². The molecule has 0 radical (unpaired) electrons. The monoisotopic (exact) mass is 355 g/mol. The zero-order chi connectivity index (χ0) is 15.6. The molecule has 7 heteroatoms. The van der Waals surface area contributed by atoms with Gasteiger partial charge in [0.05, 0.1) is 5.56 Å². The maximum atomic E-state index is 13.1. The molecular weight excluding hydrogens is 338 g/mol. The van der Waals surface area contributed by atoms with E-state index in [1.54, 1.807) is 0 Å². The summed E-state index contributed by atoms with van der Waals surface area (Å²) >= 11 is 5.27. The lowest BCUT2D eigenvalue weighted by Gasteiger charge is -2.29. The molecule has 2 nitrogen and oxygen atoms in total. The number of piperidine rings is 1. The second-order valence-corrected chi connectivity index (χ2v) is 5.94. The van der Waals surface area contributed by atoms with Gasteiger partial charge in [-0.05, 0) is 74.6 Å². The highest BCUT2D eigenvalue weighted by Gasteiger charge is 2.34. The molecule has 0 amide bonds. The minimum atomic E-state index is -4.47. The number of hydrogen-bond acceptors (Lipinski definition) is 2. The van der Waals surface area contributed by atoms with E-state index in [0.717, 1.165) is 32.0 Å². The van der Waals surface area contributed by atoms with Crippen LogP contribution >= 0.6 is 24.0 Å². The van der Waals surface area contributed by atoms with Crippen LogP contribution in [0.4, 0.5) is 13.2 Å². The van der Waals surface area contributed by atoms with Crippen LogP contribution in [0.5, 0.6) is 0 Å². The summed E-state index contributed by atoms with van der Waals surface area (Å²) < 4.78 is 39.4. The Morgan fingerprint density at radius 1 is 1.32 bits per heavy atom. The van der Waals surface area contributed by atoms with Crippen LogP contribution in [0.1, 0.15) is 34.3 Å². The van der Waals surface area contributed by atoms with Gasteiger partial charge in [-0.25, -0.2) is 0 Å². The predicted octanol–water partition coefficient (Wildman–Crippen LogP) is 4.39. The number of benzene rings is 1. The molecule has 1 aromatic carbocycles. The number of carbonyl (C=O) groups excluding carboxylic acids is 1. The Kier molecular flexibility index (Phi) is 6.71. The quantitative estimate of drug-likeness (QED) is 0.749. The molecule has 1 aliphatic heterocycles. The van der Waals surface area contributed by atoms with Crippen molar-refractivity contribution in [3.8, 4) is 0 Å². The van der Waals surface area contributed by atoms with Crippen molar-refractivity contribution >= 4 is 29.3 Å². The molecule has 22 heavy (non-hydrogen) atoms. The summed E-state index contributed by atoms with van der Waals surface area (Å²) in [6.45, 7) is 1.81. The van der Waals surface area contributed by atoms with Gasteiger partial charge < -0.3 is 4.90 Å². The van der Waals surface area contributed by atoms with Crippen LogP contribution in [-0.4, -0.2) is 30.3 Å². The third kappa shape index (κ3) is 4.86.